The zero-order chi connectivity index (χ0) is 46.6. The normalized spacial score (nSPS) is 13.3. The Balaban J connectivity index is 0.857. The molecule has 8 rings (SSSR count). The zero-order valence-electron chi connectivity index (χ0n) is 38.4. The van der Waals surface area contributed by atoms with Crippen LogP contribution in [0.5, 0.6) is 11.5 Å². The number of ether oxygens (including phenoxy) is 4. The van der Waals surface area contributed by atoms with Crippen molar-refractivity contribution in [3.8, 4) is 64.4 Å². The summed E-state index contributed by atoms with van der Waals surface area (Å²) < 4.78 is 22.6. The summed E-state index contributed by atoms with van der Waals surface area (Å²) in [6.07, 6.45) is 16.1. The number of carbonyl (C=O) groups is 2. The highest BCUT2D eigenvalue weighted by molar-refractivity contribution is 7.19. The van der Waals surface area contributed by atoms with Crippen molar-refractivity contribution in [2.45, 2.75) is 94.7 Å². The fourth-order valence-electron chi connectivity index (χ4n) is 9.33. The minimum absolute atomic E-state index is 0.0428. The molecule has 0 bridgehead atoms. The topological polar surface area (TPSA) is 71.1 Å². The third-order valence-corrected chi connectivity index (χ3v) is 15.3. The summed E-state index contributed by atoms with van der Waals surface area (Å²) in [7, 11) is 0. The van der Waals surface area contributed by atoms with Gasteiger partial charge in [0.2, 0.25) is 0 Å². The van der Waals surface area contributed by atoms with Gasteiger partial charge < -0.3 is 18.9 Å². The first-order valence-electron chi connectivity index (χ1n) is 23.7. The molecular formula is C59H60O6S2. The molecule has 67 heavy (non-hydrogen) atoms. The maximum absolute atomic E-state index is 12.0. The Morgan fingerprint density at radius 1 is 0.493 bits per heavy atom. The molecule has 0 radical (unpaired) electrons. The summed E-state index contributed by atoms with van der Waals surface area (Å²) in [5.41, 5.74) is 10.7. The molecule has 0 N–H and O–H groups in total. The van der Waals surface area contributed by atoms with Gasteiger partial charge in [-0.05, 0) is 205 Å². The number of unbranched alkanes of at least 4 members (excludes halogenated alkanes) is 4. The van der Waals surface area contributed by atoms with Gasteiger partial charge in [-0.2, -0.15) is 0 Å². The number of hydrogen-bond acceptors (Lipinski definition) is 8. The van der Waals surface area contributed by atoms with Gasteiger partial charge in [-0.1, -0.05) is 63.4 Å². The molecule has 344 valence electrons. The lowest BCUT2D eigenvalue weighted by Crippen LogP contribution is -2.20. The maximum Gasteiger partial charge on any atom is 0.306 e. The van der Waals surface area contributed by atoms with Crippen molar-refractivity contribution < 1.29 is 28.5 Å². The predicted molar refractivity (Wildman–Crippen MR) is 277 cm³/mol. The molecule has 4 aromatic carbocycles. The lowest BCUT2D eigenvalue weighted by Gasteiger charge is -2.27. The molecular weight excluding hydrogens is 869 g/mol. The van der Waals surface area contributed by atoms with Crippen LogP contribution in [0.1, 0.15) is 88.2 Å². The number of benzene rings is 4. The molecule has 8 heteroatoms. The van der Waals surface area contributed by atoms with Gasteiger partial charge in [-0.25, -0.2) is 0 Å². The van der Waals surface area contributed by atoms with Crippen LogP contribution in [0.25, 0.3) is 52.9 Å². The summed E-state index contributed by atoms with van der Waals surface area (Å²) in [5.74, 6) is 1.25. The van der Waals surface area contributed by atoms with E-state index in [1.54, 1.807) is 24.3 Å². The summed E-state index contributed by atoms with van der Waals surface area (Å²) in [6.45, 7) is 15.8. The molecule has 0 aliphatic heterocycles. The number of esters is 2. The Morgan fingerprint density at radius 3 is 1.25 bits per heavy atom. The second-order valence-electron chi connectivity index (χ2n) is 17.4. The summed E-state index contributed by atoms with van der Waals surface area (Å²) in [6, 6.07) is 40.1. The lowest BCUT2D eigenvalue weighted by atomic mass is 9.76. The second-order valence-corrected chi connectivity index (χ2v) is 19.5. The molecule has 2 aromatic heterocycles. The number of hydrogen-bond donors (Lipinski definition) is 0. The highest BCUT2D eigenvalue weighted by Gasteiger charge is 2.45. The van der Waals surface area contributed by atoms with E-state index in [0.29, 0.717) is 26.1 Å². The third kappa shape index (κ3) is 11.3. The van der Waals surface area contributed by atoms with Gasteiger partial charge in [0.1, 0.15) is 23.7 Å². The van der Waals surface area contributed by atoms with Crippen LogP contribution in [0.15, 0.2) is 160 Å². The van der Waals surface area contributed by atoms with Crippen molar-refractivity contribution in [3.63, 3.8) is 0 Å². The Hall–Kier alpha value is -6.22. The van der Waals surface area contributed by atoms with E-state index in [1.165, 1.54) is 89.7 Å². The van der Waals surface area contributed by atoms with Crippen LogP contribution in [0.4, 0.5) is 0 Å². The first-order valence-corrected chi connectivity index (χ1v) is 25.3. The molecule has 6 nitrogen and oxygen atoms in total. The van der Waals surface area contributed by atoms with Crippen LogP contribution in [-0.4, -0.2) is 37.4 Å². The van der Waals surface area contributed by atoms with Gasteiger partial charge in [0.25, 0.3) is 0 Å². The average molecular weight is 929 g/mol. The second kappa shape index (κ2) is 22.5. The molecule has 0 saturated heterocycles. The van der Waals surface area contributed by atoms with Crippen LogP contribution < -0.4 is 9.47 Å². The largest absolute Gasteiger partial charge is 0.494 e. The standard InChI is InChI=1S/C59H60O6S2/c1-5-45(6-2)64-57(60)17-11-9-15-37-62-47-25-19-41(20-26-47)53-31-33-55(66-53)43-23-29-49-50-30-24-44(40-52(50)59(51(49)39-43)35-13-14-36-59)56-34-32-54(67-56)42-21-27-48(28-22-42)63-38-16-10-12-18-58(61)65-46(7-3)8-4/h5-8,19-34,39-40,45-46H,1-4,9-18,35-38H2. The van der Waals surface area contributed by atoms with Crippen molar-refractivity contribution in [1.82, 2.24) is 0 Å². The number of rotatable bonds is 24. The molecule has 2 aliphatic carbocycles. The van der Waals surface area contributed by atoms with Gasteiger partial charge >= 0.3 is 11.9 Å². The fourth-order valence-corrected chi connectivity index (χ4v) is 11.3. The van der Waals surface area contributed by atoms with E-state index in [-0.39, 0.29) is 17.4 Å². The molecule has 2 heterocycles. The molecule has 0 atom stereocenters. The molecule has 1 spiro atoms. The maximum atomic E-state index is 12.0. The summed E-state index contributed by atoms with van der Waals surface area (Å²) in [5, 5.41) is 0. The highest BCUT2D eigenvalue weighted by atomic mass is 32.1. The van der Waals surface area contributed by atoms with Crippen LogP contribution >= 0.6 is 22.7 Å². The lowest BCUT2D eigenvalue weighted by molar-refractivity contribution is -0.146. The minimum Gasteiger partial charge on any atom is -0.494 e. The fraction of sp³-hybridized carbons (Fsp3) is 0.288. The Morgan fingerprint density at radius 2 is 0.866 bits per heavy atom. The van der Waals surface area contributed by atoms with E-state index in [0.717, 1.165) is 50.0 Å². The Bertz CT molecular complexity index is 2480. The van der Waals surface area contributed by atoms with Crippen LogP contribution in [0.3, 0.4) is 0 Å². The van der Waals surface area contributed by atoms with E-state index in [2.05, 4.69) is 111 Å². The molecule has 1 saturated carbocycles. The monoisotopic (exact) mass is 928 g/mol. The molecule has 6 aromatic rings. The first kappa shape index (κ1) is 47.3. The van der Waals surface area contributed by atoms with Crippen molar-refractivity contribution >= 4 is 34.6 Å². The van der Waals surface area contributed by atoms with E-state index < -0.39 is 12.2 Å². The van der Waals surface area contributed by atoms with Gasteiger partial charge in [0, 0.05) is 37.8 Å². The molecule has 0 unspecified atom stereocenters. The number of carbonyl (C=O) groups excluding carboxylic acids is 2. The molecule has 2 aliphatic rings. The molecule has 1 fully saturated rings. The minimum atomic E-state index is -0.430. The SMILES string of the molecule is C=CC(C=C)OC(=O)CCCCCOc1ccc(-c2ccc(-c3ccc4c(c3)C3(CCCC3)c3cc(-c5ccc(-c6ccc(OCCCCCC(=O)OC(C=C)C=C)cc6)s5)ccc3-4)s2)cc1. The van der Waals surface area contributed by atoms with E-state index in [9.17, 15) is 9.59 Å². The average Bonchev–Trinajstić information content (AvgIpc) is 4.21. The van der Waals surface area contributed by atoms with Gasteiger partial charge in [-0.15, -0.1) is 22.7 Å². The third-order valence-electron chi connectivity index (χ3n) is 12.9. The Labute approximate surface area is 404 Å². The summed E-state index contributed by atoms with van der Waals surface area (Å²) in [4.78, 5) is 29.0. The van der Waals surface area contributed by atoms with Crippen molar-refractivity contribution in [1.29, 1.82) is 0 Å². The first-order chi connectivity index (χ1) is 32.8. The van der Waals surface area contributed by atoms with Gasteiger partial charge in [0.15, 0.2) is 0 Å². The van der Waals surface area contributed by atoms with E-state index in [4.69, 9.17) is 18.9 Å². The van der Waals surface area contributed by atoms with Crippen molar-refractivity contribution in [2.24, 2.45) is 0 Å². The van der Waals surface area contributed by atoms with Gasteiger partial charge in [0.05, 0.1) is 13.2 Å². The van der Waals surface area contributed by atoms with Crippen molar-refractivity contribution in [3.05, 3.63) is 171 Å². The van der Waals surface area contributed by atoms with Crippen LogP contribution in [0, 0.1) is 0 Å². The Kier molecular flexibility index (Phi) is 15.9. The smallest absolute Gasteiger partial charge is 0.306 e. The highest BCUT2D eigenvalue weighted by Crippen LogP contribution is 2.58. The zero-order valence-corrected chi connectivity index (χ0v) is 40.0. The van der Waals surface area contributed by atoms with Crippen LogP contribution in [-0.2, 0) is 24.5 Å². The van der Waals surface area contributed by atoms with Crippen molar-refractivity contribution in [2.75, 3.05) is 13.2 Å². The van der Waals surface area contributed by atoms with E-state index >= 15 is 0 Å². The van der Waals surface area contributed by atoms with Crippen LogP contribution in [0.2, 0.25) is 0 Å². The molecule has 0 amide bonds. The number of thiophene rings is 2. The van der Waals surface area contributed by atoms with Gasteiger partial charge in [-0.3, -0.25) is 9.59 Å². The summed E-state index contributed by atoms with van der Waals surface area (Å²) >= 11 is 3.68. The van der Waals surface area contributed by atoms with E-state index in [1.807, 2.05) is 46.9 Å². The predicted octanol–water partition coefficient (Wildman–Crippen LogP) is 15.8. The quantitative estimate of drug-likeness (QED) is 0.0342. The number of fused-ring (bicyclic) bond motifs is 5.